The summed E-state index contributed by atoms with van der Waals surface area (Å²) in [5.74, 6) is -2.62. The molecule has 1 saturated heterocycles. The zero-order chi connectivity index (χ0) is 28.9. The Balaban J connectivity index is 1.75. The monoisotopic (exact) mass is 553 g/mol. The number of phenolic OH excluding ortho intramolecular Hbond substituents is 1. The zero-order valence-electron chi connectivity index (χ0n) is 22.5. The lowest BCUT2D eigenvalue weighted by Gasteiger charge is -2.25. The predicted octanol–water partition coefficient (Wildman–Crippen LogP) is 0.597. The highest BCUT2D eigenvalue weighted by molar-refractivity contribution is 5.94. The highest BCUT2D eigenvalue weighted by Crippen LogP contribution is 2.13. The van der Waals surface area contributed by atoms with Crippen LogP contribution in [0.1, 0.15) is 43.2 Å². The molecule has 0 bridgehead atoms. The summed E-state index contributed by atoms with van der Waals surface area (Å²) in [5, 5.41) is 30.6. The first-order valence-corrected chi connectivity index (χ1v) is 13.7. The SMILES string of the molecule is NCCCCC(NC(=O)C(Cc1ccc(O)cc1)NC(=O)C1CCCN1)C(=O)NC(Cc1ccccc1)C(=O)O. The van der Waals surface area contributed by atoms with Crippen LogP contribution < -0.4 is 27.0 Å². The molecule has 4 unspecified atom stereocenters. The van der Waals surface area contributed by atoms with Crippen molar-refractivity contribution in [2.24, 2.45) is 5.73 Å². The van der Waals surface area contributed by atoms with Crippen molar-refractivity contribution in [2.75, 3.05) is 13.1 Å². The van der Waals surface area contributed by atoms with Crippen LogP contribution in [0.4, 0.5) is 0 Å². The van der Waals surface area contributed by atoms with E-state index in [0.29, 0.717) is 37.9 Å². The second-order valence-electron chi connectivity index (χ2n) is 10.0. The van der Waals surface area contributed by atoms with E-state index in [4.69, 9.17) is 5.73 Å². The van der Waals surface area contributed by atoms with Crippen LogP contribution in [0.15, 0.2) is 54.6 Å². The molecular formula is C29H39N5O6. The van der Waals surface area contributed by atoms with Crippen molar-refractivity contribution in [2.45, 2.75) is 69.1 Å². The smallest absolute Gasteiger partial charge is 0.326 e. The first-order valence-electron chi connectivity index (χ1n) is 13.7. The zero-order valence-corrected chi connectivity index (χ0v) is 22.5. The van der Waals surface area contributed by atoms with E-state index in [1.807, 2.05) is 6.07 Å². The van der Waals surface area contributed by atoms with Gasteiger partial charge in [0, 0.05) is 12.8 Å². The molecule has 2 aromatic carbocycles. The molecular weight excluding hydrogens is 514 g/mol. The Hall–Kier alpha value is -3.96. The van der Waals surface area contributed by atoms with Crippen LogP contribution in [0.3, 0.4) is 0 Å². The molecule has 0 saturated carbocycles. The van der Waals surface area contributed by atoms with Gasteiger partial charge in [-0.1, -0.05) is 42.5 Å². The minimum absolute atomic E-state index is 0.0732. The number of phenols is 1. The molecule has 1 aliphatic heterocycles. The van der Waals surface area contributed by atoms with Crippen molar-refractivity contribution in [1.29, 1.82) is 0 Å². The van der Waals surface area contributed by atoms with Gasteiger partial charge >= 0.3 is 5.97 Å². The number of amides is 3. The Morgan fingerprint density at radius 2 is 1.48 bits per heavy atom. The Labute approximate surface area is 233 Å². The fourth-order valence-corrected chi connectivity index (χ4v) is 4.61. The van der Waals surface area contributed by atoms with Crippen LogP contribution in [0, 0.1) is 0 Å². The quantitative estimate of drug-likeness (QED) is 0.156. The summed E-state index contributed by atoms with van der Waals surface area (Å²) >= 11 is 0. The van der Waals surface area contributed by atoms with Crippen molar-refractivity contribution >= 4 is 23.7 Å². The Kier molecular flexibility index (Phi) is 11.9. The number of aliphatic carboxylic acids is 1. The summed E-state index contributed by atoms with van der Waals surface area (Å²) in [7, 11) is 0. The second-order valence-corrected chi connectivity index (χ2v) is 10.0. The second kappa shape index (κ2) is 15.6. The van der Waals surface area contributed by atoms with Gasteiger partial charge in [0.2, 0.25) is 17.7 Å². The lowest BCUT2D eigenvalue weighted by atomic mass is 10.0. The fourth-order valence-electron chi connectivity index (χ4n) is 4.61. The van der Waals surface area contributed by atoms with E-state index in [9.17, 15) is 29.4 Å². The minimum atomic E-state index is -1.19. The topological polar surface area (TPSA) is 183 Å². The number of rotatable bonds is 15. The number of carboxylic acids is 1. The van der Waals surface area contributed by atoms with Gasteiger partial charge in [-0.15, -0.1) is 0 Å². The lowest BCUT2D eigenvalue weighted by molar-refractivity contribution is -0.142. The van der Waals surface area contributed by atoms with Gasteiger partial charge in [-0.05, 0) is 68.5 Å². The van der Waals surface area contributed by atoms with Gasteiger partial charge in [0.1, 0.15) is 23.9 Å². The predicted molar refractivity (Wildman–Crippen MR) is 149 cm³/mol. The maximum atomic E-state index is 13.5. The molecule has 0 aromatic heterocycles. The molecule has 4 atom stereocenters. The van der Waals surface area contributed by atoms with Gasteiger partial charge in [0.05, 0.1) is 6.04 Å². The third-order valence-electron chi connectivity index (χ3n) is 6.86. The minimum Gasteiger partial charge on any atom is -0.508 e. The van der Waals surface area contributed by atoms with E-state index < -0.39 is 42.0 Å². The van der Waals surface area contributed by atoms with Crippen LogP contribution in [0.2, 0.25) is 0 Å². The maximum Gasteiger partial charge on any atom is 0.326 e. The van der Waals surface area contributed by atoms with Gasteiger partial charge < -0.3 is 37.2 Å². The number of unbranched alkanes of at least 4 members (excludes halogenated alkanes) is 1. The first-order chi connectivity index (χ1) is 19.3. The van der Waals surface area contributed by atoms with Crippen molar-refractivity contribution in [3.8, 4) is 5.75 Å². The van der Waals surface area contributed by atoms with Gasteiger partial charge in [0.25, 0.3) is 0 Å². The standard InChI is InChI=1S/C29H39N5O6/c30-15-5-4-9-23(27(37)34-25(29(39)40)18-19-7-2-1-3-8-19)32-28(38)24(17-20-11-13-21(35)14-12-20)33-26(36)22-10-6-16-31-22/h1-3,7-8,11-14,22-25,31,35H,4-6,9-10,15-18,30H2,(H,32,38)(H,33,36)(H,34,37)(H,39,40). The van der Waals surface area contributed by atoms with Crippen LogP contribution >= 0.6 is 0 Å². The molecule has 11 nitrogen and oxygen atoms in total. The van der Waals surface area contributed by atoms with Crippen molar-refractivity contribution in [3.63, 3.8) is 0 Å². The number of carbonyl (C=O) groups is 4. The van der Waals surface area contributed by atoms with Crippen LogP contribution in [-0.4, -0.2) is 71.2 Å². The Morgan fingerprint density at radius 1 is 0.850 bits per heavy atom. The van der Waals surface area contributed by atoms with Crippen molar-refractivity contribution in [1.82, 2.24) is 21.3 Å². The third kappa shape index (κ3) is 9.65. The van der Waals surface area contributed by atoms with Gasteiger partial charge in [-0.2, -0.15) is 0 Å². The molecule has 3 rings (SSSR count). The number of carboxylic acid groups (broad SMARTS) is 1. The maximum absolute atomic E-state index is 13.5. The molecule has 8 N–H and O–H groups in total. The van der Waals surface area contributed by atoms with E-state index in [1.165, 1.54) is 12.1 Å². The molecule has 3 amide bonds. The molecule has 0 radical (unpaired) electrons. The Bertz CT molecular complexity index is 1120. The van der Waals surface area contributed by atoms with E-state index in [0.717, 1.165) is 12.0 Å². The number of nitrogens with two attached hydrogens (primary N) is 1. The largest absolute Gasteiger partial charge is 0.508 e. The van der Waals surface area contributed by atoms with Crippen molar-refractivity contribution < 1.29 is 29.4 Å². The number of aromatic hydroxyl groups is 1. The number of carbonyl (C=O) groups excluding carboxylic acids is 3. The highest BCUT2D eigenvalue weighted by Gasteiger charge is 2.31. The molecule has 1 heterocycles. The number of benzene rings is 2. The molecule has 2 aromatic rings. The lowest BCUT2D eigenvalue weighted by Crippen LogP contribution is -2.57. The highest BCUT2D eigenvalue weighted by atomic mass is 16.4. The molecule has 11 heteroatoms. The van der Waals surface area contributed by atoms with E-state index in [-0.39, 0.29) is 30.9 Å². The summed E-state index contributed by atoms with van der Waals surface area (Å²) in [4.78, 5) is 51.6. The van der Waals surface area contributed by atoms with E-state index in [2.05, 4.69) is 21.3 Å². The van der Waals surface area contributed by atoms with E-state index >= 15 is 0 Å². The van der Waals surface area contributed by atoms with Crippen molar-refractivity contribution in [3.05, 3.63) is 65.7 Å². The summed E-state index contributed by atoms with van der Waals surface area (Å²) < 4.78 is 0. The summed E-state index contributed by atoms with van der Waals surface area (Å²) in [6.07, 6.45) is 3.12. The number of hydrogen-bond acceptors (Lipinski definition) is 7. The van der Waals surface area contributed by atoms with E-state index in [1.54, 1.807) is 36.4 Å². The average molecular weight is 554 g/mol. The number of hydrogen-bond donors (Lipinski definition) is 7. The van der Waals surface area contributed by atoms with Gasteiger partial charge in [-0.3, -0.25) is 14.4 Å². The third-order valence-corrected chi connectivity index (χ3v) is 6.86. The summed E-state index contributed by atoms with van der Waals surface area (Å²) in [5.41, 5.74) is 7.07. The fraction of sp³-hybridized carbons (Fsp3) is 0.448. The van der Waals surface area contributed by atoms with Crippen LogP contribution in [0.5, 0.6) is 5.75 Å². The molecule has 0 aliphatic carbocycles. The molecule has 0 spiro atoms. The summed E-state index contributed by atoms with van der Waals surface area (Å²) in [6.45, 7) is 1.12. The first kappa shape index (κ1) is 30.6. The molecule has 40 heavy (non-hydrogen) atoms. The summed E-state index contributed by atoms with van der Waals surface area (Å²) in [6, 6.07) is 11.6. The number of nitrogens with one attached hydrogen (secondary N) is 4. The molecule has 1 fully saturated rings. The average Bonchev–Trinajstić information content (AvgIpc) is 3.49. The van der Waals surface area contributed by atoms with Gasteiger partial charge in [-0.25, -0.2) is 4.79 Å². The molecule has 216 valence electrons. The van der Waals surface area contributed by atoms with Crippen LogP contribution in [0.25, 0.3) is 0 Å². The molecule has 1 aliphatic rings. The Morgan fingerprint density at radius 3 is 2.10 bits per heavy atom. The van der Waals surface area contributed by atoms with Crippen LogP contribution in [-0.2, 0) is 32.0 Å². The normalized spacial score (nSPS) is 16.9. The van der Waals surface area contributed by atoms with Gasteiger partial charge in [0.15, 0.2) is 0 Å².